The average molecular weight is 401 g/mol. The number of thioether (sulfide) groups is 1. The molecule has 0 radical (unpaired) electrons. The third kappa shape index (κ3) is 8.09. The van der Waals surface area contributed by atoms with E-state index in [1.807, 2.05) is 6.26 Å². The molecule has 150 valence electrons. The van der Waals surface area contributed by atoms with Crippen molar-refractivity contribution in [1.29, 1.82) is 0 Å². The summed E-state index contributed by atoms with van der Waals surface area (Å²) >= 11 is 1.44. The number of rotatable bonds is 12. The van der Waals surface area contributed by atoms with Crippen LogP contribution in [0.15, 0.2) is 12.5 Å². The Morgan fingerprint density at radius 1 is 1.22 bits per heavy atom. The highest BCUT2D eigenvalue weighted by molar-refractivity contribution is 7.98. The first-order valence-electron chi connectivity index (χ1n) is 8.01. The summed E-state index contributed by atoms with van der Waals surface area (Å²) in [6, 6.07) is -3.60. The molecule has 0 saturated carbocycles. The number of hydrogen-bond acceptors (Lipinski definition) is 7. The van der Waals surface area contributed by atoms with Crippen LogP contribution in [0.25, 0.3) is 0 Å². The van der Waals surface area contributed by atoms with Gasteiger partial charge in [0.1, 0.15) is 12.1 Å². The van der Waals surface area contributed by atoms with E-state index in [0.717, 1.165) is 0 Å². The molecule has 12 heteroatoms. The summed E-state index contributed by atoms with van der Waals surface area (Å²) in [5.74, 6) is -3.46. The van der Waals surface area contributed by atoms with Gasteiger partial charge in [0.2, 0.25) is 11.8 Å². The Labute approximate surface area is 159 Å². The molecule has 1 rings (SSSR count). The van der Waals surface area contributed by atoms with E-state index in [4.69, 9.17) is 10.8 Å². The number of nitrogens with one attached hydrogen (secondary N) is 3. The van der Waals surface area contributed by atoms with Gasteiger partial charge in [-0.3, -0.25) is 14.4 Å². The summed E-state index contributed by atoms with van der Waals surface area (Å²) in [6.45, 7) is 0. The van der Waals surface area contributed by atoms with Crippen molar-refractivity contribution in [3.8, 4) is 0 Å². The molecule has 0 aliphatic heterocycles. The number of amides is 2. The molecule has 0 saturated heterocycles. The molecule has 1 aromatic rings. The Balaban J connectivity index is 2.85. The van der Waals surface area contributed by atoms with Gasteiger partial charge in [-0.25, -0.2) is 9.78 Å². The van der Waals surface area contributed by atoms with Crippen LogP contribution >= 0.6 is 11.8 Å². The first-order chi connectivity index (χ1) is 12.7. The van der Waals surface area contributed by atoms with Crippen LogP contribution in [0, 0.1) is 0 Å². The number of imidazole rings is 1. The van der Waals surface area contributed by atoms with Gasteiger partial charge >= 0.3 is 11.9 Å². The number of nitrogens with two attached hydrogens (primary N) is 1. The predicted molar refractivity (Wildman–Crippen MR) is 97.0 cm³/mol. The third-order valence-corrected chi connectivity index (χ3v) is 4.21. The highest BCUT2D eigenvalue weighted by Crippen LogP contribution is 2.04. The standard InChI is InChI=1S/C15H23N5O6S/c1-27-3-2-10(15(25)26)19-14(24)11(4-8-6-17-7-18-8)20-13(23)9(16)5-12(21)22/h6-7,9-11H,2-5,16H2,1H3,(H,17,18)(H,19,24)(H,20,23)(H,21,22)(H,25,26). The van der Waals surface area contributed by atoms with Crippen molar-refractivity contribution in [2.24, 2.45) is 5.73 Å². The summed E-state index contributed by atoms with van der Waals surface area (Å²) in [5, 5.41) is 22.7. The zero-order valence-electron chi connectivity index (χ0n) is 14.7. The first-order valence-corrected chi connectivity index (χ1v) is 9.41. The molecule has 0 fully saturated rings. The van der Waals surface area contributed by atoms with Crippen LogP contribution in [0.5, 0.6) is 0 Å². The monoisotopic (exact) mass is 401 g/mol. The maximum Gasteiger partial charge on any atom is 0.326 e. The second-order valence-electron chi connectivity index (χ2n) is 5.73. The fourth-order valence-electron chi connectivity index (χ4n) is 2.15. The summed E-state index contributed by atoms with van der Waals surface area (Å²) in [4.78, 5) is 53.2. The number of carboxylic acid groups (broad SMARTS) is 2. The number of aromatic amines is 1. The second kappa shape index (κ2) is 11.2. The quantitative estimate of drug-likeness (QED) is 0.244. The van der Waals surface area contributed by atoms with Crippen molar-refractivity contribution >= 4 is 35.5 Å². The predicted octanol–water partition coefficient (Wildman–Crippen LogP) is -1.44. The van der Waals surface area contributed by atoms with Gasteiger partial charge in [-0.1, -0.05) is 0 Å². The summed E-state index contributed by atoms with van der Waals surface area (Å²) in [5.41, 5.74) is 6.04. The van der Waals surface area contributed by atoms with Crippen LogP contribution in [-0.4, -0.2) is 74.1 Å². The van der Waals surface area contributed by atoms with Gasteiger partial charge in [-0.15, -0.1) is 0 Å². The largest absolute Gasteiger partial charge is 0.481 e. The molecule has 0 bridgehead atoms. The van der Waals surface area contributed by atoms with Gasteiger partial charge in [-0.2, -0.15) is 11.8 Å². The number of aliphatic carboxylic acids is 2. The van der Waals surface area contributed by atoms with Gasteiger partial charge in [-0.05, 0) is 18.4 Å². The number of hydrogen-bond donors (Lipinski definition) is 6. The van der Waals surface area contributed by atoms with E-state index < -0.39 is 48.3 Å². The molecule has 1 heterocycles. The van der Waals surface area contributed by atoms with Gasteiger partial charge < -0.3 is 31.6 Å². The van der Waals surface area contributed by atoms with Crippen LogP contribution in [0.2, 0.25) is 0 Å². The number of H-pyrrole nitrogens is 1. The zero-order chi connectivity index (χ0) is 20.4. The van der Waals surface area contributed by atoms with Crippen LogP contribution < -0.4 is 16.4 Å². The fraction of sp³-hybridized carbons (Fsp3) is 0.533. The van der Waals surface area contributed by atoms with Crippen LogP contribution in [0.3, 0.4) is 0 Å². The molecule has 0 aliphatic carbocycles. The minimum Gasteiger partial charge on any atom is -0.481 e. The molecule has 3 atom stereocenters. The van der Waals surface area contributed by atoms with E-state index in [1.165, 1.54) is 24.3 Å². The Kier molecular flexibility index (Phi) is 9.30. The van der Waals surface area contributed by atoms with E-state index in [0.29, 0.717) is 11.4 Å². The lowest BCUT2D eigenvalue weighted by Crippen LogP contribution is -2.55. The molecular weight excluding hydrogens is 378 g/mol. The number of nitrogens with zero attached hydrogens (tertiary/aromatic N) is 1. The smallest absolute Gasteiger partial charge is 0.326 e. The first kappa shape index (κ1) is 22.4. The molecule has 1 aromatic heterocycles. The van der Waals surface area contributed by atoms with Crippen LogP contribution in [0.1, 0.15) is 18.5 Å². The molecule has 0 aromatic carbocycles. The van der Waals surface area contributed by atoms with Gasteiger partial charge in [0.25, 0.3) is 0 Å². The summed E-state index contributed by atoms with van der Waals surface area (Å²) < 4.78 is 0. The van der Waals surface area contributed by atoms with Crippen molar-refractivity contribution in [1.82, 2.24) is 20.6 Å². The maximum absolute atomic E-state index is 12.5. The molecule has 2 amide bonds. The number of carbonyl (C=O) groups is 4. The van der Waals surface area contributed by atoms with Crippen molar-refractivity contribution in [3.05, 3.63) is 18.2 Å². The lowest BCUT2D eigenvalue weighted by Gasteiger charge is -2.22. The van der Waals surface area contributed by atoms with E-state index in [2.05, 4.69) is 20.6 Å². The summed E-state index contributed by atoms with van der Waals surface area (Å²) in [7, 11) is 0. The third-order valence-electron chi connectivity index (χ3n) is 3.57. The van der Waals surface area contributed by atoms with E-state index >= 15 is 0 Å². The van der Waals surface area contributed by atoms with Crippen molar-refractivity contribution in [2.45, 2.75) is 37.4 Å². The van der Waals surface area contributed by atoms with Gasteiger partial charge in [0.15, 0.2) is 0 Å². The van der Waals surface area contributed by atoms with E-state index in [-0.39, 0.29) is 12.8 Å². The van der Waals surface area contributed by atoms with E-state index in [1.54, 1.807) is 0 Å². The number of carboxylic acids is 2. The molecule has 11 nitrogen and oxygen atoms in total. The summed E-state index contributed by atoms with van der Waals surface area (Å²) in [6.07, 6.45) is 4.27. The fourth-order valence-corrected chi connectivity index (χ4v) is 2.62. The second-order valence-corrected chi connectivity index (χ2v) is 6.71. The van der Waals surface area contributed by atoms with Crippen molar-refractivity contribution < 1.29 is 29.4 Å². The van der Waals surface area contributed by atoms with E-state index in [9.17, 15) is 24.3 Å². The van der Waals surface area contributed by atoms with Crippen LogP contribution in [-0.2, 0) is 25.6 Å². The van der Waals surface area contributed by atoms with Gasteiger partial charge in [0.05, 0.1) is 18.8 Å². The topological polar surface area (TPSA) is 187 Å². The van der Waals surface area contributed by atoms with Crippen molar-refractivity contribution in [2.75, 3.05) is 12.0 Å². The van der Waals surface area contributed by atoms with Gasteiger partial charge in [0, 0.05) is 18.3 Å². The van der Waals surface area contributed by atoms with Crippen LogP contribution in [0.4, 0.5) is 0 Å². The Bertz CT molecular complexity index is 653. The highest BCUT2D eigenvalue weighted by Gasteiger charge is 2.28. The minimum atomic E-state index is -1.34. The molecule has 27 heavy (non-hydrogen) atoms. The molecule has 7 N–H and O–H groups in total. The molecular formula is C15H23N5O6S. The Hall–Kier alpha value is -2.60. The van der Waals surface area contributed by atoms with Crippen molar-refractivity contribution in [3.63, 3.8) is 0 Å². The lowest BCUT2D eigenvalue weighted by atomic mass is 10.1. The SMILES string of the molecule is CSCCC(NC(=O)C(Cc1cnc[nH]1)NC(=O)C(N)CC(=O)O)C(=O)O. The molecule has 0 spiro atoms. The number of carbonyl (C=O) groups excluding carboxylic acids is 2. The number of aromatic nitrogens is 2. The highest BCUT2D eigenvalue weighted by atomic mass is 32.2. The molecule has 0 aliphatic rings. The normalized spacial score (nSPS) is 14.0. The average Bonchev–Trinajstić information content (AvgIpc) is 3.09. The Morgan fingerprint density at radius 2 is 1.89 bits per heavy atom. The molecule has 3 unspecified atom stereocenters. The maximum atomic E-state index is 12.5. The minimum absolute atomic E-state index is 0.00618. The zero-order valence-corrected chi connectivity index (χ0v) is 15.5. The lowest BCUT2D eigenvalue weighted by molar-refractivity contribution is -0.142. The Morgan fingerprint density at radius 3 is 2.41 bits per heavy atom.